The van der Waals surface area contributed by atoms with Crippen molar-refractivity contribution in [2.24, 2.45) is 0 Å². The Morgan fingerprint density at radius 2 is 1.84 bits per heavy atom. The van der Waals surface area contributed by atoms with Crippen molar-refractivity contribution in [3.63, 3.8) is 0 Å². The van der Waals surface area contributed by atoms with Crippen molar-refractivity contribution in [1.29, 1.82) is 0 Å². The third-order valence-corrected chi connectivity index (χ3v) is 7.06. The first-order valence-corrected chi connectivity index (χ1v) is 12.8. The van der Waals surface area contributed by atoms with E-state index in [1.807, 2.05) is 56.3 Å². The molecular formula is C29H33F2N7. The lowest BCUT2D eigenvalue weighted by Crippen LogP contribution is -2.44. The summed E-state index contributed by atoms with van der Waals surface area (Å²) < 4.78 is 29.2. The minimum absolute atomic E-state index is 0.119. The van der Waals surface area contributed by atoms with Gasteiger partial charge in [0.25, 0.3) is 0 Å². The topological polar surface area (TPSA) is 61.3 Å². The van der Waals surface area contributed by atoms with Crippen LogP contribution in [0.5, 0.6) is 0 Å². The molecule has 1 aliphatic heterocycles. The lowest BCUT2D eigenvalue weighted by molar-refractivity contribution is 0.0753. The number of benzene rings is 2. The van der Waals surface area contributed by atoms with Gasteiger partial charge in [0.15, 0.2) is 0 Å². The predicted molar refractivity (Wildman–Crippen MR) is 152 cm³/mol. The van der Waals surface area contributed by atoms with Crippen molar-refractivity contribution in [3.05, 3.63) is 73.1 Å². The van der Waals surface area contributed by atoms with Gasteiger partial charge in [0.1, 0.15) is 0 Å². The molecule has 2 aromatic heterocycles. The molecule has 0 saturated carbocycles. The lowest BCUT2D eigenvalue weighted by Gasteiger charge is -2.34. The molecule has 198 valence electrons. The van der Waals surface area contributed by atoms with Crippen LogP contribution in [0.15, 0.2) is 67.5 Å². The highest BCUT2D eigenvalue weighted by Crippen LogP contribution is 2.35. The average molecular weight is 518 g/mol. The van der Waals surface area contributed by atoms with Crippen molar-refractivity contribution >= 4 is 33.9 Å². The average Bonchev–Trinajstić information content (AvgIpc) is 3.30. The van der Waals surface area contributed by atoms with Crippen molar-refractivity contribution in [3.8, 4) is 11.3 Å². The normalized spacial score (nSPS) is 15.2. The summed E-state index contributed by atoms with van der Waals surface area (Å²) >= 11 is 0. The molecule has 5 rings (SSSR count). The summed E-state index contributed by atoms with van der Waals surface area (Å²) in [4.78, 5) is 13.6. The van der Waals surface area contributed by atoms with E-state index in [2.05, 4.69) is 39.0 Å². The summed E-state index contributed by atoms with van der Waals surface area (Å²) in [7, 11) is 2.10. The zero-order valence-electron chi connectivity index (χ0n) is 22.0. The second-order valence-corrected chi connectivity index (χ2v) is 9.81. The van der Waals surface area contributed by atoms with Gasteiger partial charge in [0.05, 0.1) is 11.2 Å². The van der Waals surface area contributed by atoms with Crippen LogP contribution >= 0.6 is 0 Å². The maximum Gasteiger partial charge on any atom is 0.319 e. The number of halogens is 2. The van der Waals surface area contributed by atoms with Crippen molar-refractivity contribution in [2.75, 3.05) is 48.8 Å². The largest absolute Gasteiger partial charge is 0.379 e. The van der Waals surface area contributed by atoms with Gasteiger partial charge in [0, 0.05) is 72.6 Å². The molecule has 1 fully saturated rings. The van der Waals surface area contributed by atoms with Crippen LogP contribution in [0.4, 0.5) is 31.8 Å². The summed E-state index contributed by atoms with van der Waals surface area (Å²) in [6, 6.07) is 13.7. The minimum atomic E-state index is -2.66. The zero-order valence-corrected chi connectivity index (χ0v) is 22.0. The molecule has 0 aliphatic carbocycles. The number of piperazine rings is 1. The van der Waals surface area contributed by atoms with Gasteiger partial charge in [-0.15, -0.1) is 6.58 Å². The van der Waals surface area contributed by atoms with Gasteiger partial charge in [-0.05, 0) is 56.8 Å². The van der Waals surface area contributed by atoms with Crippen LogP contribution in [0.1, 0.15) is 19.0 Å². The van der Waals surface area contributed by atoms with E-state index in [-0.39, 0.29) is 6.04 Å². The zero-order chi connectivity index (χ0) is 26.8. The first kappa shape index (κ1) is 25.7. The van der Waals surface area contributed by atoms with Crippen LogP contribution < -0.4 is 15.5 Å². The molecule has 7 nitrogen and oxygen atoms in total. The Kier molecular flexibility index (Phi) is 7.28. The molecule has 9 heteroatoms. The minimum Gasteiger partial charge on any atom is -0.379 e. The van der Waals surface area contributed by atoms with Crippen molar-refractivity contribution in [1.82, 2.24) is 19.4 Å². The summed E-state index contributed by atoms with van der Waals surface area (Å²) in [5.74, 6) is 0.395. The lowest BCUT2D eigenvalue weighted by atomic mass is 10.1. The highest BCUT2D eigenvalue weighted by Gasteiger charge is 2.20. The van der Waals surface area contributed by atoms with E-state index in [9.17, 15) is 8.78 Å². The van der Waals surface area contributed by atoms with Crippen LogP contribution in [-0.2, 0) is 0 Å². The molecular weight excluding hydrogens is 484 g/mol. The molecule has 1 unspecified atom stereocenters. The Morgan fingerprint density at radius 1 is 1.05 bits per heavy atom. The number of likely N-dealkylation sites (N-methyl/N-ethyl adjacent to an activating group) is 1. The van der Waals surface area contributed by atoms with Gasteiger partial charge in [-0.25, -0.2) is 9.97 Å². The van der Waals surface area contributed by atoms with Crippen molar-refractivity contribution in [2.45, 2.75) is 26.4 Å². The molecule has 0 radical (unpaired) electrons. The van der Waals surface area contributed by atoms with E-state index in [1.54, 1.807) is 12.3 Å². The van der Waals surface area contributed by atoms with E-state index in [0.717, 1.165) is 58.8 Å². The Labute approximate surface area is 221 Å². The summed E-state index contributed by atoms with van der Waals surface area (Å²) in [6.07, 6.45) is 4.97. The van der Waals surface area contributed by atoms with Crippen LogP contribution in [0.25, 0.3) is 22.2 Å². The molecule has 3 heterocycles. The summed E-state index contributed by atoms with van der Waals surface area (Å²) in [6.45, 7) is 8.81. The van der Waals surface area contributed by atoms with Gasteiger partial charge in [-0.3, -0.25) is 4.57 Å². The van der Waals surface area contributed by atoms with Gasteiger partial charge in [-0.2, -0.15) is 8.78 Å². The second-order valence-electron chi connectivity index (χ2n) is 9.81. The highest BCUT2D eigenvalue weighted by atomic mass is 19.3. The van der Waals surface area contributed by atoms with Crippen LogP contribution in [0, 0.1) is 6.92 Å². The van der Waals surface area contributed by atoms with Gasteiger partial charge in [0.2, 0.25) is 5.95 Å². The smallest absolute Gasteiger partial charge is 0.319 e. The molecule has 38 heavy (non-hydrogen) atoms. The molecule has 4 aromatic rings. The Morgan fingerprint density at radius 3 is 2.58 bits per heavy atom. The maximum absolute atomic E-state index is 14.1. The molecule has 1 atom stereocenters. The third-order valence-electron chi connectivity index (χ3n) is 7.06. The number of hydrogen-bond donors (Lipinski definition) is 2. The molecule has 1 saturated heterocycles. The van der Waals surface area contributed by atoms with E-state index in [1.165, 1.54) is 6.20 Å². The number of aryl methyl sites for hydroxylation is 1. The standard InChI is InChI=1S/C29H33F2N7/c1-5-20(3)33-21-7-6-19(2)26(16-21)35-29-32-11-10-25(34-29)24-18-38(28(30)31)27-17-22(8-9-23(24)27)37-14-12-36(4)13-15-37/h5-11,16-18,20,28,33H,1,12-15H2,2-4H3,(H,32,34,35). The number of aromatic nitrogens is 3. The van der Waals surface area contributed by atoms with Crippen LogP contribution in [0.3, 0.4) is 0 Å². The number of nitrogens with zero attached hydrogens (tertiary/aromatic N) is 5. The molecule has 0 bridgehead atoms. The number of alkyl halides is 2. The Balaban J connectivity index is 1.47. The van der Waals surface area contributed by atoms with Crippen LogP contribution in [-0.4, -0.2) is 58.7 Å². The van der Waals surface area contributed by atoms with E-state index in [4.69, 9.17) is 4.98 Å². The number of fused-ring (bicyclic) bond motifs is 1. The summed E-state index contributed by atoms with van der Waals surface area (Å²) in [5.41, 5.74) is 5.49. The van der Waals surface area contributed by atoms with E-state index in [0.29, 0.717) is 22.7 Å². The monoisotopic (exact) mass is 517 g/mol. The van der Waals surface area contributed by atoms with E-state index < -0.39 is 6.55 Å². The highest BCUT2D eigenvalue weighted by molar-refractivity contribution is 5.97. The van der Waals surface area contributed by atoms with Crippen molar-refractivity contribution < 1.29 is 8.78 Å². The number of rotatable bonds is 8. The Bertz CT molecular complexity index is 1440. The maximum atomic E-state index is 14.1. The molecule has 1 aliphatic rings. The fourth-order valence-corrected chi connectivity index (χ4v) is 4.72. The van der Waals surface area contributed by atoms with Gasteiger partial charge < -0.3 is 20.4 Å². The van der Waals surface area contributed by atoms with Gasteiger partial charge >= 0.3 is 6.55 Å². The fraction of sp³-hybridized carbons (Fsp3) is 0.310. The molecule has 0 amide bonds. The van der Waals surface area contributed by atoms with Crippen LogP contribution in [0.2, 0.25) is 0 Å². The molecule has 2 N–H and O–H groups in total. The quantitative estimate of drug-likeness (QED) is 0.268. The predicted octanol–water partition coefficient (Wildman–Crippen LogP) is 6.28. The first-order valence-electron chi connectivity index (χ1n) is 12.8. The summed E-state index contributed by atoms with van der Waals surface area (Å²) in [5, 5.41) is 7.39. The fourth-order valence-electron chi connectivity index (χ4n) is 4.72. The second kappa shape index (κ2) is 10.8. The molecule has 0 spiro atoms. The first-order chi connectivity index (χ1) is 18.3. The number of hydrogen-bond acceptors (Lipinski definition) is 6. The third kappa shape index (κ3) is 5.33. The Hall–Kier alpha value is -3.98. The SMILES string of the molecule is C=CC(C)Nc1ccc(C)c(Nc2nccc(-c3cn(C(F)F)c4cc(N5CCN(C)CC5)ccc34)n2)c1. The van der Waals surface area contributed by atoms with Gasteiger partial charge in [-0.1, -0.05) is 18.2 Å². The number of anilines is 4. The molecule has 2 aromatic carbocycles. The number of nitrogens with one attached hydrogen (secondary N) is 2. The van der Waals surface area contributed by atoms with E-state index >= 15 is 0 Å².